The van der Waals surface area contributed by atoms with Gasteiger partial charge in [0.05, 0.1) is 0 Å². The second-order valence-electron chi connectivity index (χ2n) is 7.28. The molecule has 1 amide bonds. The van der Waals surface area contributed by atoms with Gasteiger partial charge >= 0.3 is 0 Å². The van der Waals surface area contributed by atoms with Crippen molar-refractivity contribution in [3.63, 3.8) is 0 Å². The molecular formula is C25H27N3O2. The number of hydrogen-bond acceptors (Lipinski definition) is 4. The van der Waals surface area contributed by atoms with Crippen molar-refractivity contribution in [3.05, 3.63) is 90.5 Å². The van der Waals surface area contributed by atoms with Crippen molar-refractivity contribution >= 4 is 17.3 Å². The number of piperazine rings is 1. The van der Waals surface area contributed by atoms with Crippen molar-refractivity contribution in [3.8, 4) is 5.75 Å². The van der Waals surface area contributed by atoms with E-state index in [1.165, 1.54) is 0 Å². The lowest BCUT2D eigenvalue weighted by molar-refractivity contribution is 0.0999. The Morgan fingerprint density at radius 3 is 2.10 bits per heavy atom. The van der Waals surface area contributed by atoms with Crippen LogP contribution in [0.1, 0.15) is 10.4 Å². The molecule has 5 heteroatoms. The largest absolute Gasteiger partial charge is 0.492 e. The first-order valence-electron chi connectivity index (χ1n) is 10.4. The van der Waals surface area contributed by atoms with Crippen LogP contribution in [0.2, 0.25) is 0 Å². The molecular weight excluding hydrogens is 374 g/mol. The van der Waals surface area contributed by atoms with Crippen molar-refractivity contribution in [1.82, 2.24) is 10.2 Å². The number of carbonyl (C=O) groups is 1. The molecule has 0 bridgehead atoms. The third-order valence-electron chi connectivity index (χ3n) is 5.22. The lowest BCUT2D eigenvalue weighted by atomic mass is 10.1. The van der Waals surface area contributed by atoms with Gasteiger partial charge in [0, 0.05) is 49.7 Å². The van der Waals surface area contributed by atoms with E-state index in [1.807, 2.05) is 84.9 Å². The molecule has 3 aromatic carbocycles. The number of ether oxygens (including phenoxy) is 1. The van der Waals surface area contributed by atoms with Crippen LogP contribution in [0.3, 0.4) is 0 Å². The van der Waals surface area contributed by atoms with Crippen molar-refractivity contribution in [2.45, 2.75) is 0 Å². The number of hydrogen-bond donors (Lipinski definition) is 1. The summed E-state index contributed by atoms with van der Waals surface area (Å²) in [5, 5.41) is 3.36. The van der Waals surface area contributed by atoms with Crippen LogP contribution in [-0.4, -0.2) is 50.1 Å². The Labute approximate surface area is 177 Å². The summed E-state index contributed by atoms with van der Waals surface area (Å²) in [5.41, 5.74) is 2.29. The first-order valence-corrected chi connectivity index (χ1v) is 10.4. The molecule has 0 aliphatic carbocycles. The van der Waals surface area contributed by atoms with Crippen LogP contribution in [-0.2, 0) is 0 Å². The maximum Gasteiger partial charge on any atom is 0.262 e. The van der Waals surface area contributed by atoms with E-state index in [0.29, 0.717) is 12.2 Å². The summed E-state index contributed by atoms with van der Waals surface area (Å²) in [6.07, 6.45) is 0. The van der Waals surface area contributed by atoms with E-state index in [1.54, 1.807) is 4.90 Å². The van der Waals surface area contributed by atoms with Crippen LogP contribution in [0.25, 0.3) is 0 Å². The monoisotopic (exact) mass is 401 g/mol. The number of nitrogens with one attached hydrogen (secondary N) is 1. The highest BCUT2D eigenvalue weighted by Gasteiger charge is 2.19. The summed E-state index contributed by atoms with van der Waals surface area (Å²) < 4.78 is 5.93. The molecule has 5 nitrogen and oxygen atoms in total. The highest BCUT2D eigenvalue weighted by molar-refractivity contribution is 6.10. The fraction of sp³-hybridized carbons (Fsp3) is 0.240. The van der Waals surface area contributed by atoms with E-state index in [4.69, 9.17) is 4.74 Å². The van der Waals surface area contributed by atoms with E-state index < -0.39 is 0 Å². The van der Waals surface area contributed by atoms with Crippen LogP contribution in [0.5, 0.6) is 5.75 Å². The average molecular weight is 402 g/mol. The molecule has 1 N–H and O–H groups in total. The molecule has 1 saturated heterocycles. The molecule has 30 heavy (non-hydrogen) atoms. The van der Waals surface area contributed by atoms with E-state index in [9.17, 15) is 4.79 Å². The quantitative estimate of drug-likeness (QED) is 0.651. The van der Waals surface area contributed by atoms with Crippen molar-refractivity contribution in [2.75, 3.05) is 44.2 Å². The molecule has 1 fully saturated rings. The Hall–Kier alpha value is -3.15. The number of amides is 1. The number of nitrogens with zero attached hydrogens (tertiary/aromatic N) is 2. The molecule has 0 radical (unpaired) electrons. The zero-order valence-electron chi connectivity index (χ0n) is 17.0. The minimum Gasteiger partial charge on any atom is -0.492 e. The molecule has 4 rings (SSSR count). The summed E-state index contributed by atoms with van der Waals surface area (Å²) >= 11 is 0. The number of rotatable bonds is 7. The minimum atomic E-state index is -0.0609. The smallest absolute Gasteiger partial charge is 0.262 e. The third-order valence-corrected chi connectivity index (χ3v) is 5.22. The average Bonchev–Trinajstić information content (AvgIpc) is 2.82. The number of carbonyl (C=O) groups excluding carboxylic acids is 1. The lowest BCUT2D eigenvalue weighted by Gasteiger charge is -2.27. The van der Waals surface area contributed by atoms with Gasteiger partial charge < -0.3 is 10.1 Å². The molecule has 0 aromatic heterocycles. The predicted octanol–water partition coefficient (Wildman–Crippen LogP) is 3.95. The third kappa shape index (κ3) is 5.06. The van der Waals surface area contributed by atoms with Gasteiger partial charge in [-0.15, -0.1) is 0 Å². The zero-order valence-corrected chi connectivity index (χ0v) is 17.0. The van der Waals surface area contributed by atoms with Crippen LogP contribution in [0, 0.1) is 0 Å². The van der Waals surface area contributed by atoms with Gasteiger partial charge in [-0.1, -0.05) is 36.4 Å². The number of benzene rings is 3. The molecule has 1 heterocycles. The first-order chi connectivity index (χ1) is 14.8. The van der Waals surface area contributed by atoms with Crippen LogP contribution < -0.4 is 15.0 Å². The second kappa shape index (κ2) is 10.1. The molecule has 1 aliphatic rings. The molecule has 3 aromatic rings. The van der Waals surface area contributed by atoms with Gasteiger partial charge in [0.25, 0.3) is 5.91 Å². The highest BCUT2D eigenvalue weighted by atomic mass is 16.5. The molecule has 1 aliphatic heterocycles. The summed E-state index contributed by atoms with van der Waals surface area (Å²) in [6, 6.07) is 26.8. The van der Waals surface area contributed by atoms with E-state index in [2.05, 4.69) is 10.2 Å². The SMILES string of the molecule is O=C(c1ccccc1)N(c1ccccc1)c1ccc(OCCN2CCNCC2)cc1. The molecule has 0 saturated carbocycles. The topological polar surface area (TPSA) is 44.8 Å². The highest BCUT2D eigenvalue weighted by Crippen LogP contribution is 2.29. The molecule has 0 unspecified atom stereocenters. The standard InChI is InChI=1S/C25H27N3O2/c29-25(21-7-3-1-4-8-21)28(22-9-5-2-6-10-22)23-11-13-24(14-12-23)30-20-19-27-17-15-26-16-18-27/h1-14,26H,15-20H2. The second-order valence-corrected chi connectivity index (χ2v) is 7.28. The molecule has 0 spiro atoms. The van der Waals surface area contributed by atoms with E-state index >= 15 is 0 Å². The van der Waals surface area contributed by atoms with Gasteiger partial charge in [-0.3, -0.25) is 14.6 Å². The normalized spacial score (nSPS) is 14.3. The van der Waals surface area contributed by atoms with Gasteiger partial charge in [0.2, 0.25) is 0 Å². The molecule has 154 valence electrons. The van der Waals surface area contributed by atoms with Gasteiger partial charge in [-0.25, -0.2) is 0 Å². The van der Waals surface area contributed by atoms with Crippen LogP contribution in [0.15, 0.2) is 84.9 Å². The van der Waals surface area contributed by atoms with Crippen molar-refractivity contribution in [2.24, 2.45) is 0 Å². The summed E-state index contributed by atoms with van der Waals surface area (Å²) in [7, 11) is 0. The van der Waals surface area contributed by atoms with Gasteiger partial charge in [-0.05, 0) is 48.5 Å². The Bertz CT molecular complexity index is 924. The minimum absolute atomic E-state index is 0.0609. The maximum atomic E-state index is 13.3. The Balaban J connectivity index is 1.47. The van der Waals surface area contributed by atoms with Gasteiger partial charge in [0.15, 0.2) is 0 Å². The lowest BCUT2D eigenvalue weighted by Crippen LogP contribution is -2.44. The Kier molecular flexibility index (Phi) is 6.75. The van der Waals surface area contributed by atoms with Gasteiger partial charge in [-0.2, -0.15) is 0 Å². The maximum absolute atomic E-state index is 13.3. The zero-order chi connectivity index (χ0) is 20.6. The molecule has 0 atom stereocenters. The predicted molar refractivity (Wildman–Crippen MR) is 121 cm³/mol. The van der Waals surface area contributed by atoms with Gasteiger partial charge in [0.1, 0.15) is 12.4 Å². The Morgan fingerprint density at radius 1 is 0.833 bits per heavy atom. The summed E-state index contributed by atoms with van der Waals surface area (Å²) in [5.74, 6) is 0.753. The van der Waals surface area contributed by atoms with Crippen LogP contribution in [0.4, 0.5) is 11.4 Å². The number of para-hydroxylation sites is 1. The van der Waals surface area contributed by atoms with Crippen LogP contribution >= 0.6 is 0 Å². The fourth-order valence-electron chi connectivity index (χ4n) is 3.59. The Morgan fingerprint density at radius 2 is 1.43 bits per heavy atom. The van der Waals surface area contributed by atoms with E-state index in [0.717, 1.165) is 49.8 Å². The number of anilines is 2. The summed E-state index contributed by atoms with van der Waals surface area (Å²) in [6.45, 7) is 5.79. The first kappa shape index (κ1) is 20.1. The van der Waals surface area contributed by atoms with Crippen molar-refractivity contribution < 1.29 is 9.53 Å². The summed E-state index contributed by atoms with van der Waals surface area (Å²) in [4.78, 5) is 17.4. The fourth-order valence-corrected chi connectivity index (χ4v) is 3.59. The van der Waals surface area contributed by atoms with Crippen molar-refractivity contribution in [1.29, 1.82) is 0 Å². The van der Waals surface area contributed by atoms with E-state index in [-0.39, 0.29) is 5.91 Å².